The molecule has 1 N–H and O–H groups in total. The molecule has 0 spiro atoms. The van der Waals surface area contributed by atoms with E-state index in [0.29, 0.717) is 30.5 Å². The molecule has 3 aromatic heterocycles. The van der Waals surface area contributed by atoms with Crippen molar-refractivity contribution in [1.29, 1.82) is 0 Å². The van der Waals surface area contributed by atoms with E-state index in [1.807, 2.05) is 40.8 Å². The molecule has 1 saturated carbocycles. The summed E-state index contributed by atoms with van der Waals surface area (Å²) in [7, 11) is 0. The molecule has 1 saturated heterocycles. The maximum Gasteiger partial charge on any atom is 0.187 e. The number of hydrogen-bond donors (Lipinski definition) is 1. The number of hydrogen-bond acceptors (Lipinski definition) is 5. The van der Waals surface area contributed by atoms with E-state index in [2.05, 4.69) is 27.8 Å². The summed E-state index contributed by atoms with van der Waals surface area (Å²) < 4.78 is 22.4. The Hall–Kier alpha value is -3.06. The Morgan fingerprint density at radius 1 is 1.03 bits per heavy atom. The smallest absolute Gasteiger partial charge is 0.187 e. The van der Waals surface area contributed by atoms with Gasteiger partial charge in [-0.3, -0.25) is 4.40 Å². The zero-order valence-corrected chi connectivity index (χ0v) is 16.5. The van der Waals surface area contributed by atoms with Crippen molar-refractivity contribution in [2.24, 2.45) is 0 Å². The highest BCUT2D eigenvalue weighted by atomic mass is 19.1. The van der Waals surface area contributed by atoms with Crippen molar-refractivity contribution in [3.63, 3.8) is 0 Å². The Bertz CT molecular complexity index is 1230. The van der Waals surface area contributed by atoms with Crippen molar-refractivity contribution in [2.45, 2.75) is 37.5 Å². The number of rotatable bonds is 4. The summed E-state index contributed by atoms with van der Waals surface area (Å²) in [5.41, 5.74) is 3.56. The number of piperidine rings is 1. The first-order chi connectivity index (χ1) is 14.8. The second-order valence-electron chi connectivity index (χ2n) is 8.18. The standard InChI is InChI=1S/C23H22FN5O/c24-17-12-25-11-10-19(17)30-20-3-1-2-15-6-8-18(26-22(15)20)23-28-27-21-9-7-16(13-29(21)23)14-4-5-14/h1-3,6-9,13-14,17,19,25H,4-5,10-12H2/t17-,19+/m1/s1. The van der Waals surface area contributed by atoms with Gasteiger partial charge in [0.15, 0.2) is 11.5 Å². The normalized spacial score (nSPS) is 21.9. The number of nitrogens with one attached hydrogen (secondary N) is 1. The first kappa shape index (κ1) is 17.8. The van der Waals surface area contributed by atoms with E-state index in [9.17, 15) is 4.39 Å². The lowest BCUT2D eigenvalue weighted by Gasteiger charge is -2.27. The highest BCUT2D eigenvalue weighted by Crippen LogP contribution is 2.40. The molecule has 0 radical (unpaired) electrons. The molecule has 0 bridgehead atoms. The van der Waals surface area contributed by atoms with Gasteiger partial charge < -0.3 is 10.1 Å². The fourth-order valence-electron chi connectivity index (χ4n) is 4.17. The Kier molecular flexibility index (Phi) is 4.16. The zero-order valence-electron chi connectivity index (χ0n) is 16.5. The summed E-state index contributed by atoms with van der Waals surface area (Å²) in [5.74, 6) is 1.96. The number of fused-ring (bicyclic) bond motifs is 2. The van der Waals surface area contributed by atoms with Crippen LogP contribution in [0.3, 0.4) is 0 Å². The van der Waals surface area contributed by atoms with Crippen LogP contribution >= 0.6 is 0 Å². The van der Waals surface area contributed by atoms with Crippen LogP contribution in [0.2, 0.25) is 0 Å². The van der Waals surface area contributed by atoms with Crippen LogP contribution in [0.1, 0.15) is 30.7 Å². The third-order valence-corrected chi connectivity index (χ3v) is 6.01. The molecular weight excluding hydrogens is 381 g/mol. The van der Waals surface area contributed by atoms with E-state index in [1.165, 1.54) is 18.4 Å². The Morgan fingerprint density at radius 2 is 1.97 bits per heavy atom. The van der Waals surface area contributed by atoms with Gasteiger partial charge >= 0.3 is 0 Å². The molecule has 0 unspecified atom stereocenters. The van der Waals surface area contributed by atoms with E-state index in [1.54, 1.807) is 0 Å². The summed E-state index contributed by atoms with van der Waals surface area (Å²) in [5, 5.41) is 12.7. The lowest BCUT2D eigenvalue weighted by Crippen LogP contribution is -2.44. The molecule has 1 aliphatic carbocycles. The number of pyridine rings is 2. The molecule has 2 fully saturated rings. The first-order valence-electron chi connectivity index (χ1n) is 10.5. The zero-order chi connectivity index (χ0) is 20.1. The predicted octanol–water partition coefficient (Wildman–Crippen LogP) is 3.90. The van der Waals surface area contributed by atoms with E-state index < -0.39 is 12.3 Å². The van der Waals surface area contributed by atoms with E-state index in [0.717, 1.165) is 28.8 Å². The van der Waals surface area contributed by atoms with Gasteiger partial charge in [0.2, 0.25) is 0 Å². The Balaban J connectivity index is 1.42. The number of halogens is 1. The summed E-state index contributed by atoms with van der Waals surface area (Å²) >= 11 is 0. The van der Waals surface area contributed by atoms with Crippen LogP contribution in [0.25, 0.3) is 28.1 Å². The van der Waals surface area contributed by atoms with Crippen molar-refractivity contribution in [1.82, 2.24) is 24.9 Å². The van der Waals surface area contributed by atoms with Crippen LogP contribution in [-0.4, -0.2) is 44.9 Å². The molecule has 4 aromatic rings. The van der Waals surface area contributed by atoms with Gasteiger partial charge in [0, 0.05) is 18.1 Å². The Morgan fingerprint density at radius 3 is 2.83 bits per heavy atom. The SMILES string of the molecule is F[C@@H]1CNCC[C@@H]1Oc1cccc2ccc(-c3nnc4ccc(C5CC5)cn34)nc12. The van der Waals surface area contributed by atoms with Crippen molar-refractivity contribution in [3.8, 4) is 17.3 Å². The van der Waals surface area contributed by atoms with Gasteiger partial charge in [-0.25, -0.2) is 9.37 Å². The molecule has 2 aliphatic rings. The van der Waals surface area contributed by atoms with Gasteiger partial charge in [-0.05, 0) is 55.5 Å². The minimum Gasteiger partial charge on any atom is -0.485 e. The molecule has 30 heavy (non-hydrogen) atoms. The monoisotopic (exact) mass is 403 g/mol. The molecule has 7 heteroatoms. The van der Waals surface area contributed by atoms with Gasteiger partial charge in [-0.2, -0.15) is 0 Å². The average molecular weight is 403 g/mol. The summed E-state index contributed by atoms with van der Waals surface area (Å²) in [6.07, 6.45) is 3.75. The molecule has 1 aliphatic heterocycles. The van der Waals surface area contributed by atoms with Crippen molar-refractivity contribution in [3.05, 3.63) is 54.2 Å². The van der Waals surface area contributed by atoms with Crippen molar-refractivity contribution in [2.75, 3.05) is 13.1 Å². The highest BCUT2D eigenvalue weighted by Gasteiger charge is 2.27. The van der Waals surface area contributed by atoms with Gasteiger partial charge in [-0.1, -0.05) is 24.3 Å². The second-order valence-corrected chi connectivity index (χ2v) is 8.18. The lowest BCUT2D eigenvalue weighted by molar-refractivity contribution is 0.0742. The van der Waals surface area contributed by atoms with Crippen LogP contribution < -0.4 is 10.1 Å². The van der Waals surface area contributed by atoms with Crippen LogP contribution in [0, 0.1) is 0 Å². The van der Waals surface area contributed by atoms with E-state index in [4.69, 9.17) is 9.72 Å². The topological polar surface area (TPSA) is 64.3 Å². The minimum atomic E-state index is -1.03. The summed E-state index contributed by atoms with van der Waals surface area (Å²) in [4.78, 5) is 4.86. The minimum absolute atomic E-state index is 0.323. The quantitative estimate of drug-likeness (QED) is 0.560. The van der Waals surface area contributed by atoms with Crippen LogP contribution in [0.5, 0.6) is 5.75 Å². The van der Waals surface area contributed by atoms with Gasteiger partial charge in [-0.15, -0.1) is 10.2 Å². The van der Waals surface area contributed by atoms with Gasteiger partial charge in [0.1, 0.15) is 29.2 Å². The molecule has 1 aromatic carbocycles. The molecule has 6 nitrogen and oxygen atoms in total. The maximum absolute atomic E-state index is 14.3. The molecular formula is C23H22FN5O. The molecule has 6 rings (SSSR count). The average Bonchev–Trinajstić information content (AvgIpc) is 3.54. The Labute approximate surface area is 173 Å². The maximum atomic E-state index is 14.3. The molecule has 2 atom stereocenters. The molecule has 0 amide bonds. The first-order valence-corrected chi connectivity index (χ1v) is 10.5. The fraction of sp³-hybridized carbons (Fsp3) is 0.348. The molecule has 4 heterocycles. The van der Waals surface area contributed by atoms with Crippen molar-refractivity contribution >= 4 is 16.6 Å². The van der Waals surface area contributed by atoms with E-state index >= 15 is 0 Å². The number of para-hydroxylation sites is 1. The van der Waals surface area contributed by atoms with Crippen molar-refractivity contribution < 1.29 is 9.13 Å². The van der Waals surface area contributed by atoms with Crippen LogP contribution in [0.15, 0.2) is 48.7 Å². The fourth-order valence-corrected chi connectivity index (χ4v) is 4.17. The van der Waals surface area contributed by atoms with Gasteiger partial charge in [0.25, 0.3) is 0 Å². The highest BCUT2D eigenvalue weighted by molar-refractivity contribution is 5.86. The second kappa shape index (κ2) is 7.02. The number of ether oxygens (including phenoxy) is 1. The number of benzene rings is 1. The summed E-state index contributed by atoms with van der Waals surface area (Å²) in [6, 6.07) is 13.9. The third kappa shape index (κ3) is 3.10. The predicted molar refractivity (Wildman–Crippen MR) is 112 cm³/mol. The summed E-state index contributed by atoms with van der Waals surface area (Å²) in [6.45, 7) is 1.08. The number of nitrogens with zero attached hydrogens (tertiary/aromatic N) is 4. The van der Waals surface area contributed by atoms with Gasteiger partial charge in [0.05, 0.1) is 0 Å². The van der Waals surface area contributed by atoms with E-state index in [-0.39, 0.29) is 0 Å². The largest absolute Gasteiger partial charge is 0.485 e. The molecule has 152 valence electrons. The number of aromatic nitrogens is 4. The lowest BCUT2D eigenvalue weighted by atomic mass is 10.1. The van der Waals surface area contributed by atoms with Crippen LogP contribution in [-0.2, 0) is 0 Å². The van der Waals surface area contributed by atoms with Crippen LogP contribution in [0.4, 0.5) is 4.39 Å². The number of alkyl halides is 1. The third-order valence-electron chi connectivity index (χ3n) is 6.01.